The minimum absolute atomic E-state index is 0. The normalized spacial score (nSPS) is 31.6. The molecule has 4 aliphatic carbocycles. The third-order valence-electron chi connectivity index (χ3n) is 8.06. The van der Waals surface area contributed by atoms with Crippen LogP contribution in [0.4, 0.5) is 0 Å². The van der Waals surface area contributed by atoms with E-state index in [0.29, 0.717) is 28.9 Å². The van der Waals surface area contributed by atoms with Crippen molar-refractivity contribution in [2.45, 2.75) is 50.9 Å². The van der Waals surface area contributed by atoms with Crippen LogP contribution in [0.15, 0.2) is 36.4 Å². The number of fused-ring (bicyclic) bond motifs is 2. The molecule has 4 fully saturated rings. The summed E-state index contributed by atoms with van der Waals surface area (Å²) >= 11 is 0. The molecule has 7 rings (SSSR count). The van der Waals surface area contributed by atoms with Crippen LogP contribution < -0.4 is 0 Å². The molecule has 2 aromatic rings. The zero-order valence-corrected chi connectivity index (χ0v) is 20.2. The first kappa shape index (κ1) is 23.2. The first-order valence-corrected chi connectivity index (χ1v) is 10.7. The summed E-state index contributed by atoms with van der Waals surface area (Å²) in [6.45, 7) is 0. The van der Waals surface area contributed by atoms with Crippen LogP contribution in [0.2, 0.25) is 0 Å². The van der Waals surface area contributed by atoms with Crippen LogP contribution in [-0.4, -0.2) is 39.3 Å². The van der Waals surface area contributed by atoms with Gasteiger partial charge in [-0.1, -0.05) is 24.3 Å². The van der Waals surface area contributed by atoms with Crippen LogP contribution in [0.3, 0.4) is 0 Å². The fraction of sp³-hybridized carbons (Fsp3) is 0.500. The minimum Gasteiger partial charge on any atom is -0.366 e. The molecule has 5 aliphatic rings. The van der Waals surface area contributed by atoms with Gasteiger partial charge in [-0.15, -0.1) is 0 Å². The largest absolute Gasteiger partial charge is 0.366 e. The van der Waals surface area contributed by atoms with E-state index in [2.05, 4.69) is 0 Å². The summed E-state index contributed by atoms with van der Waals surface area (Å²) in [7, 11) is 0. The van der Waals surface area contributed by atoms with Crippen molar-refractivity contribution in [3.05, 3.63) is 47.5 Å². The Morgan fingerprint density at radius 1 is 0.806 bits per heavy atom. The van der Waals surface area contributed by atoms with Gasteiger partial charge in [-0.2, -0.15) is 0 Å². The van der Waals surface area contributed by atoms with E-state index in [9.17, 15) is 19.8 Å². The molecular formula is C24H25NO4Rh2. The van der Waals surface area contributed by atoms with Gasteiger partial charge in [0.15, 0.2) is 6.29 Å². The summed E-state index contributed by atoms with van der Waals surface area (Å²) in [5.74, 6) is 0.981. The number of imide groups is 1. The Hall–Kier alpha value is -0.993. The zero-order valence-electron chi connectivity index (χ0n) is 16.9. The van der Waals surface area contributed by atoms with Crippen molar-refractivity contribution in [3.63, 3.8) is 0 Å². The summed E-state index contributed by atoms with van der Waals surface area (Å²) in [4.78, 5) is 27.9. The van der Waals surface area contributed by atoms with Gasteiger partial charge in [-0.3, -0.25) is 14.5 Å². The summed E-state index contributed by atoms with van der Waals surface area (Å²) in [6.07, 6.45) is 4.57. The van der Waals surface area contributed by atoms with Crippen LogP contribution in [0.5, 0.6) is 0 Å². The molecule has 4 bridgehead atoms. The van der Waals surface area contributed by atoms with E-state index < -0.39 is 12.3 Å². The average molecular weight is 597 g/mol. The van der Waals surface area contributed by atoms with Crippen molar-refractivity contribution in [1.29, 1.82) is 0 Å². The van der Waals surface area contributed by atoms with Crippen LogP contribution in [-0.2, 0) is 39.0 Å². The van der Waals surface area contributed by atoms with Gasteiger partial charge in [0.2, 0.25) is 0 Å². The molecule has 168 valence electrons. The average Bonchev–Trinajstić information content (AvgIpc) is 2.90. The summed E-state index contributed by atoms with van der Waals surface area (Å²) < 4.78 is 0. The maximum absolute atomic E-state index is 13.4. The Balaban J connectivity index is 0.00000116. The van der Waals surface area contributed by atoms with E-state index in [4.69, 9.17) is 0 Å². The maximum atomic E-state index is 13.4. The molecule has 0 aromatic heterocycles. The molecule has 31 heavy (non-hydrogen) atoms. The quantitative estimate of drug-likeness (QED) is 0.324. The van der Waals surface area contributed by atoms with Gasteiger partial charge in [0, 0.05) is 39.0 Å². The monoisotopic (exact) mass is 597 g/mol. The van der Waals surface area contributed by atoms with Gasteiger partial charge >= 0.3 is 0 Å². The molecule has 1 atom stereocenters. The van der Waals surface area contributed by atoms with Crippen molar-refractivity contribution < 1.29 is 58.8 Å². The van der Waals surface area contributed by atoms with E-state index in [0.717, 1.165) is 30.0 Å². The molecular weight excluding hydrogens is 572 g/mol. The number of hydrogen-bond acceptors (Lipinski definition) is 4. The Kier molecular flexibility index (Phi) is 6.05. The van der Waals surface area contributed by atoms with Crippen LogP contribution in [0.25, 0.3) is 10.8 Å². The standard InChI is InChI=1S/C24H25NO4.2Rh/c26-21-18-8-16-3-1-2-4-17(16)9-19(18)22(27)25(21)20(23(28)29)24-10-13-5-14(11-24)7-15(6-13)12-24;;/h1-4,8-9,13-15,20,23,28-29H,5-7,10-12H2;;. The number of aliphatic hydroxyl groups excluding tert-OH is 1. The molecule has 2 amide bonds. The zero-order chi connectivity index (χ0) is 19.9. The third kappa shape index (κ3) is 3.39. The van der Waals surface area contributed by atoms with Crippen molar-refractivity contribution >= 4 is 22.6 Å². The predicted octanol–water partition coefficient (Wildman–Crippen LogP) is 3.33. The van der Waals surface area contributed by atoms with Crippen LogP contribution >= 0.6 is 0 Å². The number of benzene rings is 2. The number of amides is 2. The molecule has 2 aromatic carbocycles. The van der Waals surface area contributed by atoms with E-state index >= 15 is 0 Å². The first-order chi connectivity index (χ1) is 13.9. The van der Waals surface area contributed by atoms with Crippen molar-refractivity contribution in [2.75, 3.05) is 0 Å². The van der Waals surface area contributed by atoms with Crippen molar-refractivity contribution in [1.82, 2.24) is 4.90 Å². The van der Waals surface area contributed by atoms with Crippen LogP contribution in [0, 0.1) is 23.2 Å². The molecule has 5 nitrogen and oxygen atoms in total. The summed E-state index contributed by atoms with van der Waals surface area (Å²) in [5, 5.41) is 22.7. The second-order valence-electron chi connectivity index (χ2n) is 9.86. The summed E-state index contributed by atoms with van der Waals surface area (Å²) in [6, 6.07) is 10.3. The van der Waals surface area contributed by atoms with Gasteiger partial charge in [0.1, 0.15) is 0 Å². The molecule has 2 radical (unpaired) electrons. The van der Waals surface area contributed by atoms with Gasteiger partial charge < -0.3 is 10.2 Å². The second kappa shape index (κ2) is 8.10. The number of rotatable bonds is 3. The number of nitrogens with zero attached hydrogens (tertiary/aromatic N) is 1. The van der Waals surface area contributed by atoms with Gasteiger partial charge in [-0.25, -0.2) is 0 Å². The summed E-state index contributed by atoms with van der Waals surface area (Å²) in [5.41, 5.74) is 0.392. The second-order valence-corrected chi connectivity index (χ2v) is 9.86. The molecule has 1 aliphatic heterocycles. The molecule has 4 saturated carbocycles. The number of carbonyl (C=O) groups excluding carboxylic acids is 2. The van der Waals surface area contributed by atoms with Gasteiger partial charge in [0.05, 0.1) is 17.2 Å². The molecule has 2 N–H and O–H groups in total. The Morgan fingerprint density at radius 2 is 1.23 bits per heavy atom. The Bertz CT molecular complexity index is 963. The Labute approximate surface area is 207 Å². The first-order valence-electron chi connectivity index (χ1n) is 10.7. The Morgan fingerprint density at radius 3 is 1.61 bits per heavy atom. The van der Waals surface area contributed by atoms with Crippen LogP contribution in [0.1, 0.15) is 59.2 Å². The topological polar surface area (TPSA) is 77.8 Å². The third-order valence-corrected chi connectivity index (χ3v) is 8.06. The van der Waals surface area contributed by atoms with Crippen molar-refractivity contribution in [3.8, 4) is 0 Å². The fourth-order valence-electron chi connectivity index (χ4n) is 7.46. The smallest absolute Gasteiger partial charge is 0.262 e. The predicted molar refractivity (Wildman–Crippen MR) is 107 cm³/mol. The maximum Gasteiger partial charge on any atom is 0.262 e. The SMILES string of the molecule is O=C1c2cc3ccccc3cc2C(=O)N1C(C(O)O)C12CC3CC(CC(C3)C1)C2.[Rh].[Rh]. The van der Waals surface area contributed by atoms with E-state index in [1.165, 1.54) is 24.2 Å². The number of carbonyl (C=O) groups is 2. The number of aliphatic hydroxyl groups is 2. The van der Waals surface area contributed by atoms with E-state index in [1.807, 2.05) is 24.3 Å². The molecule has 0 saturated heterocycles. The van der Waals surface area contributed by atoms with Crippen molar-refractivity contribution in [2.24, 2.45) is 23.2 Å². The molecule has 1 heterocycles. The minimum atomic E-state index is -1.72. The van der Waals surface area contributed by atoms with Gasteiger partial charge in [-0.05, 0) is 84.6 Å². The van der Waals surface area contributed by atoms with Gasteiger partial charge in [0.25, 0.3) is 11.8 Å². The van der Waals surface area contributed by atoms with E-state index in [-0.39, 0.29) is 56.2 Å². The number of hydrogen-bond donors (Lipinski definition) is 2. The molecule has 0 spiro atoms. The molecule has 1 unspecified atom stereocenters. The fourth-order valence-corrected chi connectivity index (χ4v) is 7.46. The van der Waals surface area contributed by atoms with E-state index in [1.54, 1.807) is 12.1 Å². The molecule has 7 heteroatoms.